The van der Waals surface area contributed by atoms with Crippen LogP contribution in [0, 0.1) is 0 Å². The maximum absolute atomic E-state index is 12.3. The summed E-state index contributed by atoms with van der Waals surface area (Å²) in [5.74, 6) is 0.00433. The summed E-state index contributed by atoms with van der Waals surface area (Å²) in [6, 6.07) is 7.54. The van der Waals surface area contributed by atoms with Crippen molar-refractivity contribution in [3.05, 3.63) is 52.8 Å². The molecule has 126 valence electrons. The summed E-state index contributed by atoms with van der Waals surface area (Å²) in [5, 5.41) is 8.88. The molecular formula is C17H19ClN4O2. The van der Waals surface area contributed by atoms with Gasteiger partial charge in [0.25, 0.3) is 0 Å². The normalized spacial score (nSPS) is 17.8. The van der Waals surface area contributed by atoms with Crippen LogP contribution < -0.4 is 0 Å². The Bertz CT molecular complexity index is 726. The second kappa shape index (κ2) is 7.59. The van der Waals surface area contributed by atoms with Crippen molar-refractivity contribution in [1.29, 1.82) is 0 Å². The number of ether oxygens (including phenoxy) is 1. The third-order valence-corrected chi connectivity index (χ3v) is 4.24. The number of aromatic nitrogens is 3. The largest absolute Gasteiger partial charge is 0.378 e. The van der Waals surface area contributed by atoms with Gasteiger partial charge in [-0.3, -0.25) is 4.79 Å². The van der Waals surface area contributed by atoms with Crippen LogP contribution in [0.25, 0.3) is 6.08 Å². The van der Waals surface area contributed by atoms with Gasteiger partial charge in [-0.2, -0.15) is 0 Å². The molecule has 0 N–H and O–H groups in total. The molecule has 0 spiro atoms. The quantitative estimate of drug-likeness (QED) is 0.781. The number of halogens is 1. The van der Waals surface area contributed by atoms with Crippen LogP contribution in [-0.4, -0.2) is 46.0 Å². The molecule has 6 nitrogen and oxygen atoms in total. The van der Waals surface area contributed by atoms with E-state index < -0.39 is 0 Å². The van der Waals surface area contributed by atoms with Gasteiger partial charge in [0.1, 0.15) is 5.69 Å². The van der Waals surface area contributed by atoms with Crippen molar-refractivity contribution in [2.75, 3.05) is 20.2 Å². The summed E-state index contributed by atoms with van der Waals surface area (Å²) in [5.41, 5.74) is 1.74. The zero-order valence-electron chi connectivity index (χ0n) is 13.4. The SMILES string of the molecule is COCc1cn([C@@H]2CCN(C(=O)/C=C/c3ccc(Cl)cc3)C2)nn1. The van der Waals surface area contributed by atoms with Crippen molar-refractivity contribution in [3.63, 3.8) is 0 Å². The number of rotatable bonds is 5. The van der Waals surface area contributed by atoms with Crippen molar-refractivity contribution in [2.45, 2.75) is 19.1 Å². The minimum absolute atomic E-state index is 0.00433. The van der Waals surface area contributed by atoms with E-state index in [1.807, 2.05) is 27.9 Å². The Hall–Kier alpha value is -2.18. The Balaban J connectivity index is 1.58. The molecule has 1 aromatic carbocycles. The predicted octanol–water partition coefficient (Wildman–Crippen LogP) is 2.56. The fourth-order valence-electron chi connectivity index (χ4n) is 2.71. The molecule has 7 heteroatoms. The van der Waals surface area contributed by atoms with E-state index in [9.17, 15) is 4.79 Å². The van der Waals surface area contributed by atoms with Crippen LogP contribution in [0.15, 0.2) is 36.5 Å². The lowest BCUT2D eigenvalue weighted by Crippen LogP contribution is -2.27. The average Bonchev–Trinajstić information content (AvgIpc) is 3.23. The van der Waals surface area contributed by atoms with Gasteiger partial charge >= 0.3 is 0 Å². The number of hydrogen-bond donors (Lipinski definition) is 0. The number of amides is 1. The van der Waals surface area contributed by atoms with E-state index in [-0.39, 0.29) is 11.9 Å². The Labute approximate surface area is 145 Å². The monoisotopic (exact) mass is 346 g/mol. The van der Waals surface area contributed by atoms with E-state index in [4.69, 9.17) is 16.3 Å². The van der Waals surface area contributed by atoms with E-state index >= 15 is 0 Å². The molecule has 2 aromatic rings. The highest BCUT2D eigenvalue weighted by atomic mass is 35.5. The second-order valence-electron chi connectivity index (χ2n) is 5.73. The molecule has 0 unspecified atom stereocenters. The smallest absolute Gasteiger partial charge is 0.246 e. The molecule has 0 saturated carbocycles. The molecule has 1 saturated heterocycles. The first-order chi connectivity index (χ1) is 11.7. The van der Waals surface area contributed by atoms with E-state index in [0.717, 1.165) is 17.7 Å². The van der Waals surface area contributed by atoms with Crippen LogP contribution in [0.5, 0.6) is 0 Å². The van der Waals surface area contributed by atoms with Gasteiger partial charge < -0.3 is 9.64 Å². The van der Waals surface area contributed by atoms with Crippen LogP contribution in [0.2, 0.25) is 5.02 Å². The molecule has 1 aromatic heterocycles. The number of nitrogens with zero attached hydrogens (tertiary/aromatic N) is 4. The highest BCUT2D eigenvalue weighted by molar-refractivity contribution is 6.30. The van der Waals surface area contributed by atoms with Gasteiger partial charge in [0.05, 0.1) is 18.8 Å². The number of methoxy groups -OCH3 is 1. The lowest BCUT2D eigenvalue weighted by molar-refractivity contribution is -0.125. The van der Waals surface area contributed by atoms with E-state index in [1.165, 1.54) is 0 Å². The van der Waals surface area contributed by atoms with E-state index in [2.05, 4.69) is 10.3 Å². The summed E-state index contributed by atoms with van der Waals surface area (Å²) < 4.78 is 6.87. The van der Waals surface area contributed by atoms with Crippen molar-refractivity contribution < 1.29 is 9.53 Å². The first-order valence-corrected chi connectivity index (χ1v) is 8.15. The van der Waals surface area contributed by atoms with Crippen molar-refractivity contribution in [2.24, 2.45) is 0 Å². The Kier molecular flexibility index (Phi) is 5.27. The van der Waals surface area contributed by atoms with Crippen molar-refractivity contribution >= 4 is 23.6 Å². The van der Waals surface area contributed by atoms with Gasteiger partial charge in [-0.25, -0.2) is 4.68 Å². The standard InChI is InChI=1S/C17H19ClN4O2/c1-24-12-15-10-22(20-19-15)16-8-9-21(11-16)17(23)7-4-13-2-5-14(18)6-3-13/h2-7,10,16H,8-9,11-12H2,1H3/b7-4+/t16-/m1/s1. The first-order valence-electron chi connectivity index (χ1n) is 7.78. The summed E-state index contributed by atoms with van der Waals surface area (Å²) in [4.78, 5) is 14.1. The molecule has 1 atom stereocenters. The zero-order chi connectivity index (χ0) is 16.9. The third-order valence-electron chi connectivity index (χ3n) is 3.99. The highest BCUT2D eigenvalue weighted by Crippen LogP contribution is 2.21. The lowest BCUT2D eigenvalue weighted by Gasteiger charge is -2.14. The molecule has 1 fully saturated rings. The molecule has 0 aliphatic carbocycles. The molecule has 3 rings (SSSR count). The van der Waals surface area contributed by atoms with Gasteiger partial charge in [-0.1, -0.05) is 28.9 Å². The van der Waals surface area contributed by atoms with Crippen molar-refractivity contribution in [1.82, 2.24) is 19.9 Å². The van der Waals surface area contributed by atoms with Gasteiger partial charge in [-0.15, -0.1) is 5.10 Å². The van der Waals surface area contributed by atoms with Crippen LogP contribution in [0.1, 0.15) is 23.7 Å². The van der Waals surface area contributed by atoms with Crippen LogP contribution in [0.3, 0.4) is 0 Å². The van der Waals surface area contributed by atoms with E-state index in [1.54, 1.807) is 31.4 Å². The van der Waals surface area contributed by atoms with Crippen LogP contribution >= 0.6 is 11.6 Å². The van der Waals surface area contributed by atoms with Crippen LogP contribution in [-0.2, 0) is 16.1 Å². The predicted molar refractivity (Wildman–Crippen MR) is 91.5 cm³/mol. The fraction of sp³-hybridized carbons (Fsp3) is 0.353. The molecule has 1 amide bonds. The summed E-state index contributed by atoms with van der Waals surface area (Å²) in [6.07, 6.45) is 6.16. The zero-order valence-corrected chi connectivity index (χ0v) is 14.2. The van der Waals surface area contributed by atoms with Gasteiger partial charge in [-0.05, 0) is 30.2 Å². The number of carbonyl (C=O) groups excluding carboxylic acids is 1. The lowest BCUT2D eigenvalue weighted by atomic mass is 10.2. The van der Waals surface area contributed by atoms with Gasteiger partial charge in [0.2, 0.25) is 5.91 Å². The Morgan fingerprint density at radius 1 is 1.42 bits per heavy atom. The molecular weight excluding hydrogens is 328 g/mol. The average molecular weight is 347 g/mol. The first kappa shape index (κ1) is 16.7. The summed E-state index contributed by atoms with van der Waals surface area (Å²) in [6.45, 7) is 1.80. The number of hydrogen-bond acceptors (Lipinski definition) is 4. The van der Waals surface area contributed by atoms with E-state index in [0.29, 0.717) is 24.7 Å². The van der Waals surface area contributed by atoms with Gasteiger partial charge in [0, 0.05) is 31.3 Å². The minimum Gasteiger partial charge on any atom is -0.378 e. The highest BCUT2D eigenvalue weighted by Gasteiger charge is 2.27. The second-order valence-corrected chi connectivity index (χ2v) is 6.17. The maximum atomic E-state index is 12.3. The molecule has 1 aliphatic heterocycles. The summed E-state index contributed by atoms with van der Waals surface area (Å²) >= 11 is 5.85. The topological polar surface area (TPSA) is 60.2 Å². The fourth-order valence-corrected chi connectivity index (χ4v) is 2.84. The van der Waals surface area contributed by atoms with Crippen molar-refractivity contribution in [3.8, 4) is 0 Å². The Morgan fingerprint density at radius 2 is 2.21 bits per heavy atom. The molecule has 1 aliphatic rings. The number of benzene rings is 1. The molecule has 0 bridgehead atoms. The molecule has 2 heterocycles. The molecule has 0 radical (unpaired) electrons. The minimum atomic E-state index is 0.00433. The summed E-state index contributed by atoms with van der Waals surface area (Å²) in [7, 11) is 1.63. The van der Waals surface area contributed by atoms with Gasteiger partial charge in [0.15, 0.2) is 0 Å². The maximum Gasteiger partial charge on any atom is 0.246 e. The Morgan fingerprint density at radius 3 is 2.96 bits per heavy atom. The van der Waals surface area contributed by atoms with Crippen LogP contribution in [0.4, 0.5) is 0 Å². The number of carbonyl (C=O) groups is 1. The number of likely N-dealkylation sites (tertiary alicyclic amines) is 1. The molecule has 24 heavy (non-hydrogen) atoms. The third kappa shape index (κ3) is 4.01.